The zero-order valence-electron chi connectivity index (χ0n) is 26.3. The number of alkyl carbamates (subject to hydrolysis) is 1. The number of amides is 1. The van der Waals surface area contributed by atoms with E-state index in [4.69, 9.17) is 14.1 Å². The number of pyridine rings is 1. The van der Waals surface area contributed by atoms with Crippen LogP contribution in [0.4, 0.5) is 35.2 Å². The van der Waals surface area contributed by atoms with Crippen LogP contribution in [0.2, 0.25) is 0 Å². The van der Waals surface area contributed by atoms with E-state index in [1.54, 1.807) is 23.2 Å². The van der Waals surface area contributed by atoms with E-state index in [0.717, 1.165) is 41.9 Å². The molecule has 4 heterocycles. The van der Waals surface area contributed by atoms with Crippen LogP contribution in [-0.4, -0.2) is 58.8 Å². The molecule has 0 spiro atoms. The number of fused-ring (bicyclic) bond motifs is 4. The molecule has 2 aromatic heterocycles. The Morgan fingerprint density at radius 3 is 2.72 bits per heavy atom. The number of nitrogens with one attached hydrogen (secondary N) is 2. The fourth-order valence-electron chi connectivity index (χ4n) is 6.03. The number of ether oxygens (including phenoxy) is 1. The fraction of sp³-hybridized carbons (Fsp3) is 0.382. The number of anilines is 3. The van der Waals surface area contributed by atoms with Crippen LogP contribution in [0.5, 0.6) is 0 Å². The maximum absolute atomic E-state index is 13.4. The van der Waals surface area contributed by atoms with Crippen molar-refractivity contribution in [1.29, 1.82) is 0 Å². The number of aromatic nitrogens is 2. The summed E-state index contributed by atoms with van der Waals surface area (Å²) < 4.78 is 51.2. The molecule has 6 rings (SSSR count). The van der Waals surface area contributed by atoms with E-state index in [-0.39, 0.29) is 6.04 Å². The molecule has 1 unspecified atom stereocenters. The van der Waals surface area contributed by atoms with Gasteiger partial charge in [-0.15, -0.1) is 0 Å². The number of alkyl halides is 3. The van der Waals surface area contributed by atoms with Crippen molar-refractivity contribution in [2.24, 2.45) is 0 Å². The average molecular weight is 651 g/mol. The van der Waals surface area contributed by atoms with Gasteiger partial charge >= 0.3 is 12.3 Å². The van der Waals surface area contributed by atoms with Gasteiger partial charge in [0, 0.05) is 36.4 Å². The third-order valence-electron chi connectivity index (χ3n) is 8.14. The number of oxazole rings is 1. The molecule has 1 amide bonds. The number of aliphatic hydroxyl groups is 1. The second-order valence-corrected chi connectivity index (χ2v) is 12.7. The van der Waals surface area contributed by atoms with Gasteiger partial charge in [-0.05, 0) is 82.0 Å². The van der Waals surface area contributed by atoms with Crippen molar-refractivity contribution in [3.63, 3.8) is 0 Å². The summed E-state index contributed by atoms with van der Waals surface area (Å²) in [5, 5.41) is 17.6. The molecular weight excluding hydrogens is 613 g/mol. The van der Waals surface area contributed by atoms with E-state index >= 15 is 0 Å². The molecule has 10 nitrogen and oxygen atoms in total. The summed E-state index contributed by atoms with van der Waals surface area (Å²) in [5.74, 6) is 1.05. The highest BCUT2D eigenvalue weighted by Crippen LogP contribution is 2.42. The quantitative estimate of drug-likeness (QED) is 0.135. The summed E-state index contributed by atoms with van der Waals surface area (Å²) in [6.45, 7) is 7.32. The first-order chi connectivity index (χ1) is 22.4. The predicted octanol–water partition coefficient (Wildman–Crippen LogP) is 6.67. The van der Waals surface area contributed by atoms with E-state index in [0.29, 0.717) is 54.5 Å². The molecule has 0 saturated carbocycles. The molecule has 248 valence electrons. The SMILES string of the molecule is CC(C)(C)OC(=O)NCCCc1ccc(NC(O)N2c3nc(-c4cccc(C(F)(F)F)c4)ccc3N3CC[C@H]2C3)cc1-c1cnco1. The summed E-state index contributed by atoms with van der Waals surface area (Å²) >= 11 is 0. The second kappa shape index (κ2) is 12.8. The lowest BCUT2D eigenvalue weighted by Crippen LogP contribution is -2.51. The van der Waals surface area contributed by atoms with Crippen molar-refractivity contribution in [2.45, 2.75) is 64.2 Å². The van der Waals surface area contributed by atoms with Crippen LogP contribution < -0.4 is 20.4 Å². The Morgan fingerprint density at radius 1 is 1.15 bits per heavy atom. The zero-order valence-corrected chi connectivity index (χ0v) is 26.3. The van der Waals surface area contributed by atoms with E-state index in [9.17, 15) is 23.1 Å². The van der Waals surface area contributed by atoms with Crippen LogP contribution in [0, 0.1) is 0 Å². The third kappa shape index (κ3) is 7.30. The van der Waals surface area contributed by atoms with Gasteiger partial charge < -0.3 is 34.7 Å². The van der Waals surface area contributed by atoms with Gasteiger partial charge in [0.2, 0.25) is 6.35 Å². The largest absolute Gasteiger partial charge is 0.444 e. The van der Waals surface area contributed by atoms with Crippen molar-refractivity contribution in [2.75, 3.05) is 34.8 Å². The van der Waals surface area contributed by atoms with Crippen LogP contribution in [0.3, 0.4) is 0 Å². The van der Waals surface area contributed by atoms with Crippen molar-refractivity contribution in [1.82, 2.24) is 15.3 Å². The normalized spacial score (nSPS) is 16.5. The van der Waals surface area contributed by atoms with Crippen LogP contribution >= 0.6 is 0 Å². The number of hydrogen-bond donors (Lipinski definition) is 3. The topological polar surface area (TPSA) is 116 Å². The molecule has 2 bridgehead atoms. The number of benzene rings is 2. The minimum atomic E-state index is -4.47. The van der Waals surface area contributed by atoms with Crippen molar-refractivity contribution < 1.29 is 32.2 Å². The molecule has 0 aliphatic carbocycles. The summed E-state index contributed by atoms with van der Waals surface area (Å²) in [6.07, 6.45) is -1.09. The lowest BCUT2D eigenvalue weighted by atomic mass is 10.0. The third-order valence-corrected chi connectivity index (χ3v) is 8.14. The number of halogens is 3. The van der Waals surface area contributed by atoms with E-state index < -0.39 is 29.8 Å². The monoisotopic (exact) mass is 650 g/mol. The van der Waals surface area contributed by atoms with Gasteiger partial charge in [0.1, 0.15) is 5.60 Å². The van der Waals surface area contributed by atoms with Gasteiger partial charge in [0.25, 0.3) is 0 Å². The van der Waals surface area contributed by atoms with Crippen molar-refractivity contribution in [3.8, 4) is 22.6 Å². The highest BCUT2D eigenvalue weighted by Gasteiger charge is 2.40. The fourth-order valence-corrected chi connectivity index (χ4v) is 6.03. The number of aryl methyl sites for hydroxylation is 1. The maximum Gasteiger partial charge on any atom is 0.416 e. The smallest absolute Gasteiger partial charge is 0.416 e. The number of carbonyl (C=O) groups excluding carboxylic acids is 1. The first kappa shape index (κ1) is 32.2. The Bertz CT molecular complexity index is 1720. The highest BCUT2D eigenvalue weighted by atomic mass is 19.4. The predicted molar refractivity (Wildman–Crippen MR) is 172 cm³/mol. The summed E-state index contributed by atoms with van der Waals surface area (Å²) in [5.41, 5.74) is 2.58. The van der Waals surface area contributed by atoms with E-state index in [1.165, 1.54) is 12.5 Å². The molecule has 4 aromatic rings. The molecule has 1 fully saturated rings. The average Bonchev–Trinajstić information content (AvgIpc) is 3.70. The standard InChI is InChI=1S/C34H37F3N6O4/c1-33(2,3)47-32(45)39-14-5-7-21-9-10-24(17-26(21)29-18-38-20-46-29)40-31(44)43-25-13-15-42(19-25)28-12-11-27(41-30(28)43)22-6-4-8-23(16-22)34(35,36)37/h4,6,8-12,16-18,20,25,31,40,44H,5,7,13-15,19H2,1-3H3,(H,39,45)/t25-,31?/m0/s1. The molecule has 2 aliphatic heterocycles. The van der Waals surface area contributed by atoms with E-state index in [1.807, 2.05) is 45.0 Å². The van der Waals surface area contributed by atoms with Gasteiger partial charge in [-0.2, -0.15) is 13.2 Å². The van der Waals surface area contributed by atoms with Crippen LogP contribution in [0.15, 0.2) is 71.6 Å². The molecule has 0 radical (unpaired) electrons. The Kier molecular flexibility index (Phi) is 8.75. The Balaban J connectivity index is 1.22. The van der Waals surface area contributed by atoms with Crippen LogP contribution in [0.25, 0.3) is 22.6 Å². The Hall–Kier alpha value is -4.78. The molecule has 2 aromatic carbocycles. The van der Waals surface area contributed by atoms with Gasteiger partial charge in [-0.1, -0.05) is 18.2 Å². The molecule has 2 aliphatic rings. The van der Waals surface area contributed by atoms with Gasteiger partial charge in [-0.3, -0.25) is 0 Å². The minimum absolute atomic E-state index is 0.0558. The Morgan fingerprint density at radius 2 is 1.98 bits per heavy atom. The van der Waals surface area contributed by atoms with Crippen LogP contribution in [0.1, 0.15) is 44.7 Å². The van der Waals surface area contributed by atoms with Crippen molar-refractivity contribution in [3.05, 3.63) is 78.3 Å². The molecular formula is C34H37F3N6O4. The van der Waals surface area contributed by atoms with Gasteiger partial charge in [0.15, 0.2) is 18.0 Å². The number of carbonyl (C=O) groups is 1. The Labute approximate surface area is 270 Å². The van der Waals surface area contributed by atoms with Gasteiger partial charge in [-0.25, -0.2) is 14.8 Å². The summed E-state index contributed by atoms with van der Waals surface area (Å²) in [6, 6.07) is 14.3. The molecule has 1 saturated heterocycles. The second-order valence-electron chi connectivity index (χ2n) is 12.7. The maximum atomic E-state index is 13.4. The number of rotatable bonds is 9. The summed E-state index contributed by atoms with van der Waals surface area (Å²) in [4.78, 5) is 24.9. The van der Waals surface area contributed by atoms with Gasteiger partial charge in [0.05, 0.1) is 29.2 Å². The van der Waals surface area contributed by atoms with Crippen molar-refractivity contribution >= 4 is 23.3 Å². The summed E-state index contributed by atoms with van der Waals surface area (Å²) in [7, 11) is 0. The first-order valence-electron chi connectivity index (χ1n) is 15.5. The lowest BCUT2D eigenvalue weighted by molar-refractivity contribution is -0.137. The zero-order chi connectivity index (χ0) is 33.3. The molecule has 3 N–H and O–H groups in total. The lowest BCUT2D eigenvalue weighted by Gasteiger charge is -2.40. The molecule has 13 heteroatoms. The molecule has 2 atom stereocenters. The first-order valence-corrected chi connectivity index (χ1v) is 15.5. The minimum Gasteiger partial charge on any atom is -0.444 e. The number of aliphatic hydroxyl groups excluding tert-OH is 1. The molecule has 47 heavy (non-hydrogen) atoms. The van der Waals surface area contributed by atoms with Crippen LogP contribution in [-0.2, 0) is 17.3 Å². The number of nitrogens with zero attached hydrogens (tertiary/aromatic N) is 4. The number of hydrogen-bond acceptors (Lipinski definition) is 9. The van der Waals surface area contributed by atoms with E-state index in [2.05, 4.69) is 20.5 Å². The highest BCUT2D eigenvalue weighted by molar-refractivity contribution is 5.77.